The average Bonchev–Trinajstić information content (AvgIpc) is 3.18. The second kappa shape index (κ2) is 9.05. The number of likely N-dealkylation sites (tertiary alicyclic amines) is 1. The second-order valence-corrected chi connectivity index (χ2v) is 7.69. The number of aromatic nitrogens is 3. The summed E-state index contributed by atoms with van der Waals surface area (Å²) in [7, 11) is 1.62. The Morgan fingerprint density at radius 2 is 2.11 bits per heavy atom. The molecule has 1 fully saturated rings. The molecule has 0 unspecified atom stereocenters. The summed E-state index contributed by atoms with van der Waals surface area (Å²) in [6.07, 6.45) is 3.58. The fourth-order valence-electron chi connectivity index (χ4n) is 3.34. The lowest BCUT2D eigenvalue weighted by atomic mass is 10.0. The number of carbonyl (C=O) groups is 1. The molecule has 1 amide bonds. The summed E-state index contributed by atoms with van der Waals surface area (Å²) in [5, 5.41) is 21.1. The van der Waals surface area contributed by atoms with Crippen molar-refractivity contribution < 1.29 is 14.6 Å². The average molecular weight is 387 g/mol. The van der Waals surface area contributed by atoms with Crippen molar-refractivity contribution in [1.82, 2.24) is 25.2 Å². The van der Waals surface area contributed by atoms with Crippen LogP contribution in [0.5, 0.6) is 11.5 Å². The first kappa shape index (κ1) is 20.1. The molecule has 152 valence electrons. The number of ether oxygens (including phenoxy) is 1. The van der Waals surface area contributed by atoms with E-state index >= 15 is 0 Å². The van der Waals surface area contributed by atoms with Crippen LogP contribution in [0, 0.1) is 5.92 Å². The third-order valence-corrected chi connectivity index (χ3v) is 5.03. The Kier molecular flexibility index (Phi) is 6.51. The third kappa shape index (κ3) is 5.01. The number of hydrogen-bond donors (Lipinski definition) is 2. The summed E-state index contributed by atoms with van der Waals surface area (Å²) < 4.78 is 7.06. The van der Waals surface area contributed by atoms with Gasteiger partial charge in [0.2, 0.25) is 0 Å². The van der Waals surface area contributed by atoms with Crippen LogP contribution in [0.1, 0.15) is 48.8 Å². The molecule has 0 aliphatic carbocycles. The lowest BCUT2D eigenvalue weighted by molar-refractivity contribution is 0.0944. The predicted octanol–water partition coefficient (Wildman–Crippen LogP) is 2.22. The number of carbonyl (C=O) groups excluding carboxylic acids is 1. The molecule has 8 heteroatoms. The van der Waals surface area contributed by atoms with Crippen LogP contribution >= 0.6 is 0 Å². The van der Waals surface area contributed by atoms with Gasteiger partial charge in [0.25, 0.3) is 5.91 Å². The largest absolute Gasteiger partial charge is 0.508 e. The number of phenolic OH excluding ortho intramolecular Hbond substituents is 1. The minimum atomic E-state index is -0.175. The number of aromatic hydroxyl groups is 1. The first-order valence-electron chi connectivity index (χ1n) is 9.74. The number of nitrogens with zero attached hydrogens (tertiary/aromatic N) is 4. The monoisotopic (exact) mass is 387 g/mol. The highest BCUT2D eigenvalue weighted by Gasteiger charge is 2.23. The van der Waals surface area contributed by atoms with Crippen LogP contribution in [0.15, 0.2) is 24.4 Å². The molecule has 1 aliphatic rings. The Labute approximate surface area is 165 Å². The van der Waals surface area contributed by atoms with Gasteiger partial charge in [-0.3, -0.25) is 9.69 Å². The van der Waals surface area contributed by atoms with Gasteiger partial charge in [0.15, 0.2) is 5.69 Å². The summed E-state index contributed by atoms with van der Waals surface area (Å²) >= 11 is 0. The minimum Gasteiger partial charge on any atom is -0.508 e. The van der Waals surface area contributed by atoms with Crippen molar-refractivity contribution in [3.8, 4) is 11.5 Å². The lowest BCUT2D eigenvalue weighted by Crippen LogP contribution is -2.34. The van der Waals surface area contributed by atoms with Crippen LogP contribution in [0.3, 0.4) is 0 Å². The van der Waals surface area contributed by atoms with E-state index in [-0.39, 0.29) is 17.7 Å². The molecule has 1 aromatic heterocycles. The van der Waals surface area contributed by atoms with Gasteiger partial charge in [-0.05, 0) is 37.0 Å². The van der Waals surface area contributed by atoms with Crippen LogP contribution in [0.25, 0.3) is 0 Å². The summed E-state index contributed by atoms with van der Waals surface area (Å²) in [6.45, 7) is 7.18. The van der Waals surface area contributed by atoms with E-state index in [1.165, 1.54) is 0 Å². The Balaban J connectivity index is 1.54. The van der Waals surface area contributed by atoms with Crippen LogP contribution in [-0.4, -0.2) is 57.7 Å². The van der Waals surface area contributed by atoms with E-state index in [2.05, 4.69) is 34.4 Å². The lowest BCUT2D eigenvalue weighted by Gasteiger charge is -2.31. The highest BCUT2D eigenvalue weighted by atomic mass is 16.5. The molecule has 1 saturated heterocycles. The van der Waals surface area contributed by atoms with Crippen molar-refractivity contribution in [2.75, 3.05) is 26.7 Å². The molecule has 1 aromatic carbocycles. The van der Waals surface area contributed by atoms with Crippen molar-refractivity contribution in [2.24, 2.45) is 5.92 Å². The van der Waals surface area contributed by atoms with E-state index in [0.29, 0.717) is 24.7 Å². The molecule has 28 heavy (non-hydrogen) atoms. The summed E-state index contributed by atoms with van der Waals surface area (Å²) in [4.78, 5) is 14.4. The van der Waals surface area contributed by atoms with E-state index in [4.69, 9.17) is 4.74 Å². The van der Waals surface area contributed by atoms with Gasteiger partial charge in [0, 0.05) is 31.7 Å². The smallest absolute Gasteiger partial charge is 0.273 e. The topological polar surface area (TPSA) is 92.5 Å². The molecule has 3 rings (SSSR count). The molecule has 2 N–H and O–H groups in total. The Morgan fingerprint density at radius 3 is 2.79 bits per heavy atom. The normalized spacial score (nSPS) is 15.7. The number of amides is 1. The number of rotatable bonds is 7. The molecule has 0 saturated carbocycles. The van der Waals surface area contributed by atoms with Gasteiger partial charge in [-0.15, -0.1) is 5.10 Å². The minimum absolute atomic E-state index is 0.175. The van der Waals surface area contributed by atoms with Crippen molar-refractivity contribution in [3.05, 3.63) is 35.7 Å². The fraction of sp³-hybridized carbons (Fsp3) is 0.550. The Bertz CT molecular complexity index is 797. The third-order valence-electron chi connectivity index (χ3n) is 5.03. The standard InChI is InChI=1S/C20H29N5O3/c1-14(2)11-21-20(27)18-13-25(23-22-18)16-6-8-24(9-7-16)12-15-10-17(28-3)4-5-19(15)26/h4-5,10,13-14,16,26H,6-9,11-12H2,1-3H3,(H,21,27). The second-order valence-electron chi connectivity index (χ2n) is 7.69. The zero-order valence-corrected chi connectivity index (χ0v) is 16.8. The summed E-state index contributed by atoms with van der Waals surface area (Å²) in [5.41, 5.74) is 1.23. The molecular weight excluding hydrogens is 358 g/mol. The Morgan fingerprint density at radius 1 is 1.36 bits per heavy atom. The number of methoxy groups -OCH3 is 1. The molecule has 8 nitrogen and oxygen atoms in total. The van der Waals surface area contributed by atoms with Gasteiger partial charge >= 0.3 is 0 Å². The summed E-state index contributed by atoms with van der Waals surface area (Å²) in [6, 6.07) is 5.53. The molecule has 2 heterocycles. The van der Waals surface area contributed by atoms with Crippen LogP contribution in [0.2, 0.25) is 0 Å². The van der Waals surface area contributed by atoms with Crippen molar-refractivity contribution in [3.63, 3.8) is 0 Å². The van der Waals surface area contributed by atoms with Crippen LogP contribution in [-0.2, 0) is 6.54 Å². The van der Waals surface area contributed by atoms with E-state index < -0.39 is 0 Å². The van der Waals surface area contributed by atoms with Gasteiger partial charge in [0.05, 0.1) is 19.3 Å². The maximum absolute atomic E-state index is 12.1. The number of hydrogen-bond acceptors (Lipinski definition) is 6. The van der Waals surface area contributed by atoms with Crippen molar-refractivity contribution in [2.45, 2.75) is 39.3 Å². The van der Waals surface area contributed by atoms with Gasteiger partial charge in [-0.1, -0.05) is 19.1 Å². The zero-order valence-electron chi connectivity index (χ0n) is 16.8. The maximum Gasteiger partial charge on any atom is 0.273 e. The first-order chi connectivity index (χ1) is 13.5. The molecule has 0 radical (unpaired) electrons. The maximum atomic E-state index is 12.1. The van der Waals surface area contributed by atoms with Crippen LogP contribution < -0.4 is 10.1 Å². The molecule has 1 aliphatic heterocycles. The number of benzene rings is 1. The highest BCUT2D eigenvalue weighted by Crippen LogP contribution is 2.27. The first-order valence-corrected chi connectivity index (χ1v) is 9.74. The zero-order chi connectivity index (χ0) is 20.1. The van der Waals surface area contributed by atoms with Crippen molar-refractivity contribution in [1.29, 1.82) is 0 Å². The van der Waals surface area contributed by atoms with Gasteiger partial charge in [-0.25, -0.2) is 4.68 Å². The predicted molar refractivity (Wildman–Crippen MR) is 105 cm³/mol. The molecule has 2 aromatic rings. The van der Waals surface area contributed by atoms with Crippen LogP contribution in [0.4, 0.5) is 0 Å². The fourth-order valence-corrected chi connectivity index (χ4v) is 3.34. The molecule has 0 atom stereocenters. The van der Waals surface area contributed by atoms with E-state index in [1.807, 2.05) is 10.7 Å². The molecular formula is C20H29N5O3. The number of piperidine rings is 1. The van der Waals surface area contributed by atoms with E-state index in [9.17, 15) is 9.90 Å². The molecule has 0 bridgehead atoms. The molecule has 0 spiro atoms. The van der Waals surface area contributed by atoms with Gasteiger partial charge < -0.3 is 15.2 Å². The number of phenols is 1. The van der Waals surface area contributed by atoms with Gasteiger partial charge in [0.1, 0.15) is 11.5 Å². The SMILES string of the molecule is COc1ccc(O)c(CN2CCC(n3cc(C(=O)NCC(C)C)nn3)CC2)c1. The number of nitrogens with one attached hydrogen (secondary N) is 1. The van der Waals surface area contributed by atoms with Crippen molar-refractivity contribution >= 4 is 5.91 Å². The quantitative estimate of drug-likeness (QED) is 0.757. The highest BCUT2D eigenvalue weighted by molar-refractivity contribution is 5.91. The van der Waals surface area contributed by atoms with E-state index in [1.54, 1.807) is 25.4 Å². The van der Waals surface area contributed by atoms with Gasteiger partial charge in [-0.2, -0.15) is 0 Å². The van der Waals surface area contributed by atoms with E-state index in [0.717, 1.165) is 37.2 Å². The Hall–Kier alpha value is -2.61. The summed E-state index contributed by atoms with van der Waals surface area (Å²) in [5.74, 6) is 1.25.